The molecule has 0 spiro atoms. The summed E-state index contributed by atoms with van der Waals surface area (Å²) in [6.07, 6.45) is 0.121. The first kappa shape index (κ1) is 19.8. The molecule has 0 aliphatic carbocycles. The third-order valence-electron chi connectivity index (χ3n) is 3.81. The minimum Gasteiger partial charge on any atom is -0.491 e. The van der Waals surface area contributed by atoms with Crippen molar-refractivity contribution in [2.75, 3.05) is 11.9 Å². The molecule has 2 rings (SSSR count). The van der Waals surface area contributed by atoms with Crippen LogP contribution in [0.5, 0.6) is 11.5 Å². The van der Waals surface area contributed by atoms with Crippen molar-refractivity contribution in [1.82, 2.24) is 0 Å². The number of ether oxygens (including phenoxy) is 2. The predicted molar refractivity (Wildman–Crippen MR) is 106 cm³/mol. The molecule has 0 atom stereocenters. The summed E-state index contributed by atoms with van der Waals surface area (Å²) < 4.78 is 11.4. The molecule has 0 heterocycles. The quantitative estimate of drug-likeness (QED) is 0.784. The second-order valence-corrected chi connectivity index (χ2v) is 7.78. The van der Waals surface area contributed by atoms with Crippen LogP contribution in [0.1, 0.15) is 45.7 Å². The molecule has 0 saturated carbocycles. The van der Waals surface area contributed by atoms with Gasteiger partial charge in [-0.1, -0.05) is 38.5 Å². The van der Waals surface area contributed by atoms with Crippen molar-refractivity contribution < 1.29 is 14.3 Å². The largest absolute Gasteiger partial charge is 0.491 e. The van der Waals surface area contributed by atoms with Crippen LogP contribution in [-0.2, 0) is 10.2 Å². The molecule has 0 bridgehead atoms. The van der Waals surface area contributed by atoms with Gasteiger partial charge in [-0.3, -0.25) is 4.79 Å². The second kappa shape index (κ2) is 8.26. The number of carbonyl (C=O) groups excluding carboxylic acids is 1. The van der Waals surface area contributed by atoms with Gasteiger partial charge in [0.1, 0.15) is 11.5 Å². The Morgan fingerprint density at radius 1 is 1.08 bits per heavy atom. The lowest BCUT2D eigenvalue weighted by molar-refractivity contribution is -0.118. The second-order valence-electron chi connectivity index (χ2n) is 7.78. The summed E-state index contributed by atoms with van der Waals surface area (Å²) in [6.45, 7) is 12.4. The molecule has 2 aromatic carbocycles. The number of anilines is 1. The fraction of sp³-hybridized carbons (Fsp3) is 0.409. The lowest BCUT2D eigenvalue weighted by Crippen LogP contribution is -2.22. The average molecular weight is 355 g/mol. The molecule has 0 aliphatic rings. The monoisotopic (exact) mass is 355 g/mol. The van der Waals surface area contributed by atoms with E-state index in [2.05, 4.69) is 39.1 Å². The maximum atomic E-state index is 12.2. The van der Waals surface area contributed by atoms with Crippen molar-refractivity contribution in [1.29, 1.82) is 0 Å². The van der Waals surface area contributed by atoms with E-state index >= 15 is 0 Å². The van der Waals surface area contributed by atoms with Gasteiger partial charge in [0.15, 0.2) is 6.61 Å². The van der Waals surface area contributed by atoms with Gasteiger partial charge in [0.05, 0.1) is 6.10 Å². The molecule has 4 heteroatoms. The van der Waals surface area contributed by atoms with Gasteiger partial charge in [-0.2, -0.15) is 0 Å². The van der Waals surface area contributed by atoms with Crippen LogP contribution in [0, 0.1) is 6.92 Å². The molecule has 0 saturated heterocycles. The predicted octanol–water partition coefficient (Wildman–Crippen LogP) is 5.10. The van der Waals surface area contributed by atoms with Crippen LogP contribution in [0.15, 0.2) is 42.5 Å². The molecule has 0 aliphatic heterocycles. The van der Waals surface area contributed by atoms with E-state index in [1.165, 1.54) is 5.56 Å². The van der Waals surface area contributed by atoms with E-state index in [0.29, 0.717) is 0 Å². The molecule has 140 valence electrons. The normalized spacial score (nSPS) is 11.3. The van der Waals surface area contributed by atoms with Crippen molar-refractivity contribution in [3.8, 4) is 11.5 Å². The number of aryl methyl sites for hydroxylation is 1. The molecule has 26 heavy (non-hydrogen) atoms. The Morgan fingerprint density at radius 3 is 2.31 bits per heavy atom. The number of nitrogens with one attached hydrogen (secondary N) is 1. The fourth-order valence-electron chi connectivity index (χ4n) is 2.59. The highest BCUT2D eigenvalue weighted by Gasteiger charge is 2.19. The molecule has 0 unspecified atom stereocenters. The first-order chi connectivity index (χ1) is 12.1. The van der Waals surface area contributed by atoms with E-state index in [4.69, 9.17) is 9.47 Å². The van der Waals surface area contributed by atoms with Crippen LogP contribution in [0.4, 0.5) is 5.69 Å². The van der Waals surface area contributed by atoms with Crippen LogP contribution in [0.2, 0.25) is 0 Å². The Balaban J connectivity index is 1.97. The van der Waals surface area contributed by atoms with Crippen molar-refractivity contribution in [2.24, 2.45) is 0 Å². The summed E-state index contributed by atoms with van der Waals surface area (Å²) in [4.78, 5) is 12.2. The molecular formula is C22H29NO3. The van der Waals surface area contributed by atoms with E-state index in [0.717, 1.165) is 22.7 Å². The molecule has 0 fully saturated rings. The van der Waals surface area contributed by atoms with E-state index in [1.807, 2.05) is 50.2 Å². The number of amides is 1. The number of hydrogen-bond acceptors (Lipinski definition) is 3. The maximum Gasteiger partial charge on any atom is 0.262 e. The van der Waals surface area contributed by atoms with Crippen LogP contribution in [-0.4, -0.2) is 18.6 Å². The molecule has 4 nitrogen and oxygen atoms in total. The summed E-state index contributed by atoms with van der Waals surface area (Å²) in [7, 11) is 0. The Labute approximate surface area is 156 Å². The Bertz CT molecular complexity index is 743. The van der Waals surface area contributed by atoms with Crippen LogP contribution >= 0.6 is 0 Å². The van der Waals surface area contributed by atoms with E-state index in [1.54, 1.807) is 0 Å². The van der Waals surface area contributed by atoms with Gasteiger partial charge in [-0.05, 0) is 62.1 Å². The highest BCUT2D eigenvalue weighted by molar-refractivity contribution is 5.91. The van der Waals surface area contributed by atoms with Crippen molar-refractivity contribution in [3.63, 3.8) is 0 Å². The average Bonchev–Trinajstić information content (AvgIpc) is 2.54. The number of hydrogen-bond donors (Lipinski definition) is 1. The zero-order chi connectivity index (χ0) is 19.3. The van der Waals surface area contributed by atoms with Gasteiger partial charge in [0.2, 0.25) is 0 Å². The Kier molecular flexibility index (Phi) is 6.30. The summed E-state index contributed by atoms with van der Waals surface area (Å²) in [5.74, 6) is 1.34. The zero-order valence-electron chi connectivity index (χ0n) is 16.6. The molecule has 1 amide bonds. The summed E-state index contributed by atoms with van der Waals surface area (Å²) in [5, 5.41) is 2.84. The highest BCUT2D eigenvalue weighted by atomic mass is 16.5. The van der Waals surface area contributed by atoms with Crippen molar-refractivity contribution in [2.45, 2.75) is 53.1 Å². The Hall–Kier alpha value is -2.49. The third-order valence-corrected chi connectivity index (χ3v) is 3.81. The van der Waals surface area contributed by atoms with E-state index in [-0.39, 0.29) is 24.0 Å². The molecule has 0 aromatic heterocycles. The topological polar surface area (TPSA) is 47.6 Å². The number of rotatable bonds is 6. The lowest BCUT2D eigenvalue weighted by atomic mass is 9.85. The lowest BCUT2D eigenvalue weighted by Gasteiger charge is -2.23. The van der Waals surface area contributed by atoms with Gasteiger partial charge in [0, 0.05) is 5.69 Å². The number of carbonyl (C=O) groups is 1. The van der Waals surface area contributed by atoms with Gasteiger partial charge in [-0.25, -0.2) is 0 Å². The highest BCUT2D eigenvalue weighted by Crippen LogP contribution is 2.32. The summed E-state index contributed by atoms with van der Waals surface area (Å²) in [6, 6.07) is 13.4. The van der Waals surface area contributed by atoms with Gasteiger partial charge in [0.25, 0.3) is 5.91 Å². The smallest absolute Gasteiger partial charge is 0.262 e. The molecule has 1 N–H and O–H groups in total. The van der Waals surface area contributed by atoms with Crippen LogP contribution < -0.4 is 14.8 Å². The maximum absolute atomic E-state index is 12.2. The first-order valence-electron chi connectivity index (χ1n) is 8.95. The zero-order valence-corrected chi connectivity index (χ0v) is 16.6. The molecule has 2 aromatic rings. The first-order valence-corrected chi connectivity index (χ1v) is 8.95. The van der Waals surface area contributed by atoms with Gasteiger partial charge >= 0.3 is 0 Å². The minimum atomic E-state index is -0.192. The minimum absolute atomic E-state index is 0.0314. The van der Waals surface area contributed by atoms with Gasteiger partial charge in [-0.15, -0.1) is 0 Å². The third kappa shape index (κ3) is 5.80. The van der Waals surface area contributed by atoms with E-state index in [9.17, 15) is 4.79 Å². The number of benzene rings is 2. The van der Waals surface area contributed by atoms with Crippen molar-refractivity contribution in [3.05, 3.63) is 53.6 Å². The summed E-state index contributed by atoms with van der Waals surface area (Å²) in [5.41, 5.74) is 2.94. The van der Waals surface area contributed by atoms with E-state index < -0.39 is 0 Å². The molecular weight excluding hydrogens is 326 g/mol. The Morgan fingerprint density at radius 2 is 1.73 bits per heavy atom. The standard InChI is InChI=1S/C22H29NO3/c1-15(2)26-18-10-8-17(9-11-18)23-21(24)14-25-20-12-7-16(3)13-19(20)22(4,5)6/h7-13,15H,14H2,1-6H3,(H,23,24). The molecule has 0 radical (unpaired) electrons. The van der Waals surface area contributed by atoms with Gasteiger partial charge < -0.3 is 14.8 Å². The van der Waals surface area contributed by atoms with Crippen LogP contribution in [0.3, 0.4) is 0 Å². The SMILES string of the molecule is Cc1ccc(OCC(=O)Nc2ccc(OC(C)C)cc2)c(C(C)(C)C)c1. The van der Waals surface area contributed by atoms with Crippen LogP contribution in [0.25, 0.3) is 0 Å². The fourth-order valence-corrected chi connectivity index (χ4v) is 2.59. The van der Waals surface area contributed by atoms with Crippen molar-refractivity contribution >= 4 is 11.6 Å². The summed E-state index contributed by atoms with van der Waals surface area (Å²) >= 11 is 0.